The topological polar surface area (TPSA) is 59.4 Å². The predicted octanol–water partition coefficient (Wildman–Crippen LogP) is 3.10. The smallest absolute Gasteiger partial charge is 0.191 e. The molecule has 1 aliphatic heterocycles. The molecule has 5 nitrogen and oxygen atoms in total. The summed E-state index contributed by atoms with van der Waals surface area (Å²) in [6, 6.07) is 10.4. The highest BCUT2D eigenvalue weighted by atomic mass is 127. The first-order chi connectivity index (χ1) is 11.2. The van der Waals surface area contributed by atoms with E-state index >= 15 is 0 Å². The van der Waals surface area contributed by atoms with Gasteiger partial charge in [-0.25, -0.2) is 4.99 Å². The van der Waals surface area contributed by atoms with Crippen molar-refractivity contribution in [3.8, 4) is 0 Å². The Bertz CT molecular complexity index is 653. The van der Waals surface area contributed by atoms with Crippen LogP contribution in [0.25, 0.3) is 0 Å². The second-order valence-corrected chi connectivity index (χ2v) is 6.39. The van der Waals surface area contributed by atoms with Crippen LogP contribution >= 0.6 is 24.0 Å². The summed E-state index contributed by atoms with van der Waals surface area (Å²) < 4.78 is 1.92. The van der Waals surface area contributed by atoms with E-state index in [1.165, 1.54) is 24.0 Å². The van der Waals surface area contributed by atoms with Gasteiger partial charge in [0.05, 0.1) is 13.1 Å². The largest absolute Gasteiger partial charge is 0.370 e. The molecule has 1 aromatic carbocycles. The molecule has 2 aromatic rings. The van der Waals surface area contributed by atoms with Crippen molar-refractivity contribution >= 4 is 29.9 Å². The highest BCUT2D eigenvalue weighted by molar-refractivity contribution is 14.0. The maximum atomic E-state index is 6.17. The van der Waals surface area contributed by atoms with Crippen molar-refractivity contribution in [2.45, 2.75) is 32.9 Å². The number of nitrogens with two attached hydrogens (primary N) is 1. The maximum Gasteiger partial charge on any atom is 0.191 e. The third-order valence-corrected chi connectivity index (χ3v) is 4.30. The first-order valence-corrected chi connectivity index (χ1v) is 8.31. The summed E-state index contributed by atoms with van der Waals surface area (Å²) in [5.41, 5.74) is 8.58. The fourth-order valence-electron chi connectivity index (χ4n) is 3.08. The maximum absolute atomic E-state index is 6.17. The molecule has 0 aliphatic carbocycles. The molecule has 0 spiro atoms. The SMILES string of the molecule is CC1CCCN(C(N)=NCc2cccc(Cn3cccn3)c2)C1.I. The zero-order valence-corrected chi connectivity index (χ0v) is 16.5. The van der Waals surface area contributed by atoms with E-state index in [0.29, 0.717) is 18.4 Å². The number of likely N-dealkylation sites (tertiary alicyclic amines) is 1. The average molecular weight is 439 g/mol. The standard InChI is InChI=1S/C18H25N5.HI/c1-15-5-3-9-22(13-15)18(19)20-12-16-6-2-7-17(11-16)14-23-10-4-8-21-23;/h2,4,6-8,10-11,15H,3,5,9,12-14H2,1H3,(H2,19,20);1H. The quantitative estimate of drug-likeness (QED) is 0.453. The van der Waals surface area contributed by atoms with Crippen LogP contribution in [0.4, 0.5) is 0 Å². The molecule has 130 valence electrons. The molecule has 0 amide bonds. The molecule has 0 radical (unpaired) electrons. The summed E-state index contributed by atoms with van der Waals surface area (Å²) in [4.78, 5) is 6.80. The van der Waals surface area contributed by atoms with Gasteiger partial charge in [-0.05, 0) is 36.0 Å². The monoisotopic (exact) mass is 439 g/mol. The van der Waals surface area contributed by atoms with E-state index < -0.39 is 0 Å². The minimum absolute atomic E-state index is 0. The summed E-state index contributed by atoms with van der Waals surface area (Å²) >= 11 is 0. The number of piperidine rings is 1. The Balaban J connectivity index is 0.00000208. The molecule has 1 aromatic heterocycles. The van der Waals surface area contributed by atoms with Crippen molar-refractivity contribution in [3.63, 3.8) is 0 Å². The first-order valence-electron chi connectivity index (χ1n) is 8.31. The molecular formula is C18H26IN5. The number of nitrogens with zero attached hydrogens (tertiary/aromatic N) is 4. The van der Waals surface area contributed by atoms with Gasteiger partial charge in [0.2, 0.25) is 0 Å². The van der Waals surface area contributed by atoms with Crippen LogP contribution in [-0.4, -0.2) is 33.7 Å². The van der Waals surface area contributed by atoms with Crippen LogP contribution in [0, 0.1) is 5.92 Å². The number of aliphatic imine (C=N–C) groups is 1. The third kappa shape index (κ3) is 5.22. The zero-order valence-electron chi connectivity index (χ0n) is 14.1. The van der Waals surface area contributed by atoms with Crippen LogP contribution < -0.4 is 5.73 Å². The minimum Gasteiger partial charge on any atom is -0.370 e. The molecule has 2 heterocycles. The molecular weight excluding hydrogens is 413 g/mol. The van der Waals surface area contributed by atoms with Crippen molar-refractivity contribution < 1.29 is 0 Å². The molecule has 2 N–H and O–H groups in total. The van der Waals surface area contributed by atoms with Gasteiger partial charge in [-0.1, -0.05) is 31.2 Å². The third-order valence-electron chi connectivity index (χ3n) is 4.30. The molecule has 0 saturated carbocycles. The van der Waals surface area contributed by atoms with E-state index in [4.69, 9.17) is 5.73 Å². The Hall–Kier alpha value is -1.57. The summed E-state index contributed by atoms with van der Waals surface area (Å²) in [5.74, 6) is 1.38. The van der Waals surface area contributed by atoms with Gasteiger partial charge in [0.1, 0.15) is 0 Å². The summed E-state index contributed by atoms with van der Waals surface area (Å²) in [7, 11) is 0. The first kappa shape index (κ1) is 18.8. The minimum atomic E-state index is 0. The molecule has 6 heteroatoms. The van der Waals surface area contributed by atoms with Crippen LogP contribution in [-0.2, 0) is 13.1 Å². The van der Waals surface area contributed by atoms with E-state index in [1.54, 1.807) is 6.20 Å². The van der Waals surface area contributed by atoms with E-state index in [2.05, 4.69) is 46.2 Å². The van der Waals surface area contributed by atoms with Crippen LogP contribution in [0.2, 0.25) is 0 Å². The average Bonchev–Trinajstić information content (AvgIpc) is 3.06. The number of halogens is 1. The lowest BCUT2D eigenvalue weighted by molar-refractivity contribution is 0.270. The molecule has 1 unspecified atom stereocenters. The highest BCUT2D eigenvalue weighted by Crippen LogP contribution is 2.15. The van der Waals surface area contributed by atoms with Crippen LogP contribution in [0.3, 0.4) is 0 Å². The van der Waals surface area contributed by atoms with Gasteiger partial charge in [0, 0.05) is 25.5 Å². The lowest BCUT2D eigenvalue weighted by Gasteiger charge is -2.31. The molecule has 1 aliphatic rings. The van der Waals surface area contributed by atoms with E-state index in [9.17, 15) is 0 Å². The van der Waals surface area contributed by atoms with Gasteiger partial charge >= 0.3 is 0 Å². The number of rotatable bonds is 4. The Morgan fingerprint density at radius 1 is 1.33 bits per heavy atom. The molecule has 1 fully saturated rings. The number of aromatic nitrogens is 2. The van der Waals surface area contributed by atoms with Gasteiger partial charge in [0.15, 0.2) is 5.96 Å². The van der Waals surface area contributed by atoms with Gasteiger partial charge in [0.25, 0.3) is 0 Å². The van der Waals surface area contributed by atoms with Gasteiger partial charge in [-0.2, -0.15) is 5.10 Å². The zero-order chi connectivity index (χ0) is 16.1. The Morgan fingerprint density at radius 2 is 2.17 bits per heavy atom. The van der Waals surface area contributed by atoms with E-state index in [-0.39, 0.29) is 24.0 Å². The fraction of sp³-hybridized carbons (Fsp3) is 0.444. The lowest BCUT2D eigenvalue weighted by atomic mass is 10.0. The Kier molecular flexibility index (Phi) is 7.08. The van der Waals surface area contributed by atoms with Crippen molar-refractivity contribution in [1.29, 1.82) is 0 Å². The van der Waals surface area contributed by atoms with Crippen LogP contribution in [0.15, 0.2) is 47.7 Å². The number of guanidine groups is 1. The van der Waals surface area contributed by atoms with Crippen molar-refractivity contribution in [1.82, 2.24) is 14.7 Å². The molecule has 3 rings (SSSR count). The van der Waals surface area contributed by atoms with Crippen molar-refractivity contribution in [2.24, 2.45) is 16.6 Å². The van der Waals surface area contributed by atoms with Gasteiger partial charge in [-0.3, -0.25) is 4.68 Å². The lowest BCUT2D eigenvalue weighted by Crippen LogP contribution is -2.43. The van der Waals surface area contributed by atoms with Gasteiger partial charge < -0.3 is 10.6 Å². The molecule has 1 atom stereocenters. The number of hydrogen-bond acceptors (Lipinski definition) is 2. The fourth-order valence-corrected chi connectivity index (χ4v) is 3.08. The molecule has 24 heavy (non-hydrogen) atoms. The number of hydrogen-bond donors (Lipinski definition) is 1. The number of benzene rings is 1. The Labute approximate surface area is 161 Å². The van der Waals surface area contributed by atoms with Crippen LogP contribution in [0.1, 0.15) is 30.9 Å². The Morgan fingerprint density at radius 3 is 2.92 bits per heavy atom. The summed E-state index contributed by atoms with van der Waals surface area (Å²) in [5, 5.41) is 4.25. The summed E-state index contributed by atoms with van der Waals surface area (Å²) in [6.45, 7) is 5.74. The second kappa shape index (κ2) is 9.05. The van der Waals surface area contributed by atoms with Gasteiger partial charge in [-0.15, -0.1) is 24.0 Å². The highest BCUT2D eigenvalue weighted by Gasteiger charge is 2.17. The van der Waals surface area contributed by atoms with E-state index in [1.807, 2.05) is 16.9 Å². The van der Waals surface area contributed by atoms with E-state index in [0.717, 1.165) is 19.6 Å². The van der Waals surface area contributed by atoms with Crippen LogP contribution in [0.5, 0.6) is 0 Å². The molecule has 1 saturated heterocycles. The summed E-state index contributed by atoms with van der Waals surface area (Å²) in [6.07, 6.45) is 6.27. The normalized spacial score (nSPS) is 18.3. The predicted molar refractivity (Wildman–Crippen MR) is 108 cm³/mol. The van der Waals surface area contributed by atoms with Crippen molar-refractivity contribution in [2.75, 3.05) is 13.1 Å². The molecule has 0 bridgehead atoms. The van der Waals surface area contributed by atoms with Crippen molar-refractivity contribution in [3.05, 3.63) is 53.9 Å². The second-order valence-electron chi connectivity index (χ2n) is 6.39.